The minimum absolute atomic E-state index is 0.0144. The van der Waals surface area contributed by atoms with Crippen LogP contribution < -0.4 is 5.32 Å². The minimum Gasteiger partial charge on any atom is -0.339 e. The van der Waals surface area contributed by atoms with Gasteiger partial charge in [-0.2, -0.15) is 0 Å². The number of amides is 2. The Bertz CT molecular complexity index is 692. The fraction of sp³-hybridized carbons (Fsp3) is 0.333. The van der Waals surface area contributed by atoms with Crippen LogP contribution in [-0.4, -0.2) is 29.8 Å². The molecule has 25 heavy (non-hydrogen) atoms. The van der Waals surface area contributed by atoms with Gasteiger partial charge in [0.2, 0.25) is 5.91 Å². The second-order valence-corrected chi connectivity index (χ2v) is 6.12. The lowest BCUT2D eigenvalue weighted by Gasteiger charge is -2.18. The number of benzene rings is 2. The molecule has 0 heterocycles. The maximum atomic E-state index is 12.3. The number of anilines is 1. The zero-order valence-electron chi connectivity index (χ0n) is 15.2. The molecule has 0 radical (unpaired) electrons. The molecule has 0 saturated heterocycles. The highest BCUT2D eigenvalue weighted by Gasteiger charge is 2.13. The monoisotopic (exact) mass is 338 g/mol. The van der Waals surface area contributed by atoms with Gasteiger partial charge >= 0.3 is 0 Å². The average Bonchev–Trinajstić information content (AvgIpc) is 2.64. The van der Waals surface area contributed by atoms with E-state index in [9.17, 15) is 9.59 Å². The van der Waals surface area contributed by atoms with Crippen molar-refractivity contribution in [3.05, 3.63) is 65.7 Å². The molecular weight excluding hydrogens is 312 g/mol. The Morgan fingerprint density at radius 3 is 2.12 bits per heavy atom. The van der Waals surface area contributed by atoms with Gasteiger partial charge in [0.15, 0.2) is 0 Å². The van der Waals surface area contributed by atoms with Crippen LogP contribution in [0.25, 0.3) is 0 Å². The molecule has 0 aliphatic carbocycles. The number of carbonyl (C=O) groups is 2. The summed E-state index contributed by atoms with van der Waals surface area (Å²) in [6.07, 6.45) is 0.421. The number of nitrogens with one attached hydrogen (secondary N) is 1. The summed E-state index contributed by atoms with van der Waals surface area (Å²) in [5.74, 6) is 0.143. The van der Waals surface area contributed by atoms with Crippen molar-refractivity contribution >= 4 is 17.5 Å². The zero-order valence-corrected chi connectivity index (χ0v) is 15.2. The van der Waals surface area contributed by atoms with E-state index >= 15 is 0 Å². The van der Waals surface area contributed by atoms with Crippen LogP contribution in [0.1, 0.15) is 49.0 Å². The number of hydrogen-bond donors (Lipinski definition) is 1. The van der Waals surface area contributed by atoms with Crippen molar-refractivity contribution in [3.63, 3.8) is 0 Å². The van der Waals surface area contributed by atoms with Crippen LogP contribution in [0.4, 0.5) is 5.69 Å². The van der Waals surface area contributed by atoms with Gasteiger partial charge in [0.1, 0.15) is 0 Å². The van der Waals surface area contributed by atoms with E-state index in [-0.39, 0.29) is 17.7 Å². The van der Waals surface area contributed by atoms with Gasteiger partial charge in [-0.15, -0.1) is 0 Å². The molecule has 0 spiro atoms. The molecule has 2 amide bonds. The van der Waals surface area contributed by atoms with E-state index in [0.717, 1.165) is 5.56 Å². The number of hydrogen-bond acceptors (Lipinski definition) is 2. The molecule has 2 aromatic carbocycles. The first kappa shape index (κ1) is 18.7. The van der Waals surface area contributed by atoms with Gasteiger partial charge in [-0.05, 0) is 49.6 Å². The molecule has 0 aliphatic rings. The Hall–Kier alpha value is -2.62. The third kappa shape index (κ3) is 5.18. The number of rotatable bonds is 7. The molecule has 0 bridgehead atoms. The Kier molecular flexibility index (Phi) is 6.75. The Morgan fingerprint density at radius 2 is 1.56 bits per heavy atom. The van der Waals surface area contributed by atoms with Gasteiger partial charge in [0, 0.05) is 30.8 Å². The first-order valence-electron chi connectivity index (χ1n) is 8.79. The molecule has 4 nitrogen and oxygen atoms in total. The maximum Gasteiger partial charge on any atom is 0.253 e. The molecule has 0 saturated carbocycles. The zero-order chi connectivity index (χ0) is 18.2. The molecule has 4 heteroatoms. The SMILES string of the molecule is CCN(CC)C(=O)c1ccc(NC(=O)C[C@H](C)c2ccccc2)cc1. The highest BCUT2D eigenvalue weighted by Crippen LogP contribution is 2.19. The van der Waals surface area contributed by atoms with Crippen LogP contribution in [0.15, 0.2) is 54.6 Å². The van der Waals surface area contributed by atoms with Crippen molar-refractivity contribution in [2.24, 2.45) is 0 Å². The summed E-state index contributed by atoms with van der Waals surface area (Å²) < 4.78 is 0. The lowest BCUT2D eigenvalue weighted by atomic mass is 9.97. The standard InChI is InChI=1S/C21H26N2O2/c1-4-23(5-2)21(25)18-11-13-19(14-12-18)22-20(24)15-16(3)17-9-7-6-8-10-17/h6-14,16H,4-5,15H2,1-3H3,(H,22,24)/t16-/m0/s1. The molecular formula is C21H26N2O2. The Morgan fingerprint density at radius 1 is 0.960 bits per heavy atom. The predicted octanol–water partition coefficient (Wildman–Crippen LogP) is 4.30. The van der Waals surface area contributed by atoms with Crippen LogP contribution in [0.3, 0.4) is 0 Å². The van der Waals surface area contributed by atoms with Crippen molar-refractivity contribution in [1.82, 2.24) is 4.90 Å². The topological polar surface area (TPSA) is 49.4 Å². The van der Waals surface area contributed by atoms with E-state index in [1.165, 1.54) is 0 Å². The van der Waals surface area contributed by atoms with Gasteiger partial charge < -0.3 is 10.2 Å². The molecule has 0 aliphatic heterocycles. The third-order valence-electron chi connectivity index (χ3n) is 4.33. The summed E-state index contributed by atoms with van der Waals surface area (Å²) in [5, 5.41) is 2.90. The molecule has 0 unspecified atom stereocenters. The van der Waals surface area contributed by atoms with E-state index in [0.29, 0.717) is 30.8 Å². The van der Waals surface area contributed by atoms with Gasteiger partial charge in [-0.25, -0.2) is 0 Å². The fourth-order valence-electron chi connectivity index (χ4n) is 2.78. The highest BCUT2D eigenvalue weighted by atomic mass is 16.2. The quantitative estimate of drug-likeness (QED) is 0.818. The van der Waals surface area contributed by atoms with Gasteiger partial charge in [-0.3, -0.25) is 9.59 Å². The van der Waals surface area contributed by atoms with E-state index < -0.39 is 0 Å². The van der Waals surface area contributed by atoms with Crippen molar-refractivity contribution in [1.29, 1.82) is 0 Å². The molecule has 0 fully saturated rings. The normalized spacial score (nSPS) is 11.6. The molecule has 2 rings (SSSR count). The van der Waals surface area contributed by atoms with Crippen LogP contribution in [0.2, 0.25) is 0 Å². The summed E-state index contributed by atoms with van der Waals surface area (Å²) in [6, 6.07) is 17.1. The van der Waals surface area contributed by atoms with Crippen molar-refractivity contribution in [3.8, 4) is 0 Å². The second kappa shape index (κ2) is 9.02. The van der Waals surface area contributed by atoms with Gasteiger partial charge in [0.05, 0.1) is 0 Å². The first-order valence-corrected chi connectivity index (χ1v) is 8.79. The second-order valence-electron chi connectivity index (χ2n) is 6.12. The molecule has 2 aromatic rings. The molecule has 1 N–H and O–H groups in total. The van der Waals surface area contributed by atoms with E-state index in [1.54, 1.807) is 29.2 Å². The largest absolute Gasteiger partial charge is 0.339 e. The molecule has 132 valence electrons. The first-order chi connectivity index (χ1) is 12.0. The fourth-order valence-corrected chi connectivity index (χ4v) is 2.78. The number of nitrogens with zero attached hydrogens (tertiary/aromatic N) is 1. The van der Waals surface area contributed by atoms with Crippen molar-refractivity contribution < 1.29 is 9.59 Å². The van der Waals surface area contributed by atoms with Crippen LogP contribution in [0, 0.1) is 0 Å². The smallest absolute Gasteiger partial charge is 0.253 e. The molecule has 1 atom stereocenters. The van der Waals surface area contributed by atoms with Gasteiger partial charge in [0.25, 0.3) is 5.91 Å². The van der Waals surface area contributed by atoms with Crippen LogP contribution in [0.5, 0.6) is 0 Å². The maximum absolute atomic E-state index is 12.3. The number of carbonyl (C=O) groups excluding carboxylic acids is 2. The summed E-state index contributed by atoms with van der Waals surface area (Å²) in [7, 11) is 0. The highest BCUT2D eigenvalue weighted by molar-refractivity contribution is 5.96. The van der Waals surface area contributed by atoms with E-state index in [4.69, 9.17) is 0 Å². The summed E-state index contributed by atoms with van der Waals surface area (Å²) in [5.41, 5.74) is 2.50. The summed E-state index contributed by atoms with van der Waals surface area (Å²) >= 11 is 0. The summed E-state index contributed by atoms with van der Waals surface area (Å²) in [4.78, 5) is 26.3. The molecule has 0 aromatic heterocycles. The minimum atomic E-state index is -0.0285. The van der Waals surface area contributed by atoms with Crippen LogP contribution >= 0.6 is 0 Å². The Balaban J connectivity index is 1.94. The van der Waals surface area contributed by atoms with Gasteiger partial charge in [-0.1, -0.05) is 37.3 Å². The van der Waals surface area contributed by atoms with Crippen molar-refractivity contribution in [2.75, 3.05) is 18.4 Å². The Labute approximate surface area is 149 Å². The third-order valence-corrected chi connectivity index (χ3v) is 4.33. The van der Waals surface area contributed by atoms with E-state index in [2.05, 4.69) is 5.32 Å². The van der Waals surface area contributed by atoms with Crippen molar-refractivity contribution in [2.45, 2.75) is 33.1 Å². The lowest BCUT2D eigenvalue weighted by Crippen LogP contribution is -2.30. The summed E-state index contributed by atoms with van der Waals surface area (Å²) in [6.45, 7) is 7.34. The predicted molar refractivity (Wildman–Crippen MR) is 102 cm³/mol. The van der Waals surface area contributed by atoms with E-state index in [1.807, 2.05) is 51.1 Å². The lowest BCUT2D eigenvalue weighted by molar-refractivity contribution is -0.116. The van der Waals surface area contributed by atoms with Crippen LogP contribution in [-0.2, 0) is 4.79 Å². The average molecular weight is 338 g/mol.